The molecule has 0 unspecified atom stereocenters. The summed E-state index contributed by atoms with van der Waals surface area (Å²) in [6.45, 7) is 3.86. The van der Waals surface area contributed by atoms with E-state index in [9.17, 15) is 9.59 Å². The molecule has 7 heteroatoms. The molecule has 1 aliphatic heterocycles. The molecule has 0 saturated carbocycles. The number of carbonyl (C=O) groups is 1. The number of thiazole rings is 1. The summed E-state index contributed by atoms with van der Waals surface area (Å²) in [5.74, 6) is 2.61. The van der Waals surface area contributed by atoms with Gasteiger partial charge in [-0.2, -0.15) is 0 Å². The third kappa shape index (κ3) is 4.48. The minimum atomic E-state index is -0.650. The van der Waals surface area contributed by atoms with Crippen LogP contribution in [-0.4, -0.2) is 23.8 Å². The summed E-state index contributed by atoms with van der Waals surface area (Å²) in [4.78, 5) is 32.1. The molecule has 1 aliphatic rings. The number of hydrogen-bond acceptors (Lipinski definition) is 6. The van der Waals surface area contributed by atoms with E-state index in [0.717, 1.165) is 21.9 Å². The van der Waals surface area contributed by atoms with E-state index in [1.54, 1.807) is 18.4 Å². The molecule has 0 amide bonds. The Morgan fingerprint density at radius 2 is 1.89 bits per heavy atom. The molecule has 0 N–H and O–H groups in total. The van der Waals surface area contributed by atoms with Gasteiger partial charge >= 0.3 is 5.97 Å². The number of terminal acetylenes is 1. The summed E-state index contributed by atoms with van der Waals surface area (Å²) in [7, 11) is 0. The normalized spacial score (nSPS) is 15.2. The smallest absolute Gasteiger partial charge is 0.338 e. The van der Waals surface area contributed by atoms with E-state index >= 15 is 0 Å². The van der Waals surface area contributed by atoms with Gasteiger partial charge in [0.2, 0.25) is 0 Å². The summed E-state index contributed by atoms with van der Waals surface area (Å²) in [5.41, 5.74) is 2.20. The standard InChI is InChI=1S/C30H24N2O4S/c1-4-17-36-24-16-15-20-11-9-10-14-22(20)23(24)18-25-28(33)32-27(21-12-7-6-8-13-21)26(29(34)35-5-2)19(3)31-30(32)37-25/h1,6-16,18,27H,5,17H2,2-3H3/b25-18-/t27-/m0/s1. The van der Waals surface area contributed by atoms with Crippen LogP contribution < -0.4 is 19.6 Å². The van der Waals surface area contributed by atoms with E-state index in [1.165, 1.54) is 11.3 Å². The fourth-order valence-electron chi connectivity index (χ4n) is 4.54. The lowest BCUT2D eigenvalue weighted by atomic mass is 9.96. The SMILES string of the molecule is C#CCOc1ccc2ccccc2c1/C=c1\sc2n(c1=O)[C@@H](c1ccccc1)C(C(=O)OCC)=C(C)N=2. The highest BCUT2D eigenvalue weighted by Crippen LogP contribution is 2.31. The fourth-order valence-corrected chi connectivity index (χ4v) is 5.57. The number of fused-ring (bicyclic) bond motifs is 2. The summed E-state index contributed by atoms with van der Waals surface area (Å²) >= 11 is 1.27. The molecule has 3 aromatic carbocycles. The Balaban J connectivity index is 1.77. The molecule has 1 aromatic heterocycles. The first kappa shape index (κ1) is 24.3. The van der Waals surface area contributed by atoms with Crippen molar-refractivity contribution < 1.29 is 14.3 Å². The average molecular weight is 509 g/mol. The molecule has 0 bridgehead atoms. The third-order valence-corrected chi connectivity index (χ3v) is 7.13. The Bertz CT molecular complexity index is 1760. The first-order valence-corrected chi connectivity index (χ1v) is 12.7. The largest absolute Gasteiger partial charge is 0.480 e. The summed E-state index contributed by atoms with van der Waals surface area (Å²) in [6, 6.07) is 20.5. The zero-order valence-electron chi connectivity index (χ0n) is 20.4. The fraction of sp³-hybridized carbons (Fsp3) is 0.167. The van der Waals surface area contributed by atoms with Gasteiger partial charge in [-0.25, -0.2) is 9.79 Å². The van der Waals surface area contributed by atoms with E-state index in [1.807, 2.05) is 72.8 Å². The molecule has 0 aliphatic carbocycles. The molecule has 2 heterocycles. The molecular weight excluding hydrogens is 484 g/mol. The van der Waals surface area contributed by atoms with Gasteiger partial charge in [-0.1, -0.05) is 77.9 Å². The zero-order valence-corrected chi connectivity index (χ0v) is 21.2. The molecule has 5 rings (SSSR count). The molecule has 6 nitrogen and oxygen atoms in total. The number of hydrogen-bond donors (Lipinski definition) is 0. The van der Waals surface area contributed by atoms with Crippen molar-refractivity contribution in [1.29, 1.82) is 0 Å². The highest BCUT2D eigenvalue weighted by molar-refractivity contribution is 7.07. The topological polar surface area (TPSA) is 69.9 Å². The van der Waals surface area contributed by atoms with Crippen LogP contribution in [0.1, 0.15) is 31.0 Å². The van der Waals surface area contributed by atoms with Crippen LogP contribution >= 0.6 is 11.3 Å². The van der Waals surface area contributed by atoms with E-state index in [0.29, 0.717) is 26.4 Å². The molecule has 0 fully saturated rings. The predicted molar refractivity (Wildman–Crippen MR) is 145 cm³/mol. The van der Waals surface area contributed by atoms with Crippen LogP contribution in [0, 0.1) is 12.3 Å². The van der Waals surface area contributed by atoms with Crippen molar-refractivity contribution in [1.82, 2.24) is 4.57 Å². The quantitative estimate of drug-likeness (QED) is 0.292. The lowest BCUT2D eigenvalue weighted by Gasteiger charge is -2.24. The average Bonchev–Trinajstić information content (AvgIpc) is 3.22. The van der Waals surface area contributed by atoms with Crippen molar-refractivity contribution in [3.05, 3.63) is 109 Å². The van der Waals surface area contributed by atoms with E-state index in [4.69, 9.17) is 15.9 Å². The maximum atomic E-state index is 13.9. The minimum absolute atomic E-state index is 0.108. The molecule has 1 atom stereocenters. The second kappa shape index (κ2) is 10.3. The minimum Gasteiger partial charge on any atom is -0.480 e. The van der Waals surface area contributed by atoms with Crippen LogP contribution in [0.3, 0.4) is 0 Å². The van der Waals surface area contributed by atoms with Gasteiger partial charge in [-0.05, 0) is 42.3 Å². The lowest BCUT2D eigenvalue weighted by molar-refractivity contribution is -0.139. The molecular formula is C30H24N2O4S. The van der Waals surface area contributed by atoms with Crippen molar-refractivity contribution in [2.45, 2.75) is 19.9 Å². The number of rotatable bonds is 6. The number of ether oxygens (including phenoxy) is 2. The maximum absolute atomic E-state index is 13.9. The second-order valence-electron chi connectivity index (χ2n) is 8.40. The van der Waals surface area contributed by atoms with Crippen molar-refractivity contribution in [3.8, 4) is 18.1 Å². The van der Waals surface area contributed by atoms with E-state index in [-0.39, 0.29) is 18.8 Å². The van der Waals surface area contributed by atoms with Gasteiger partial charge in [0.15, 0.2) is 4.80 Å². The molecule has 4 aromatic rings. The summed E-state index contributed by atoms with van der Waals surface area (Å²) < 4.78 is 13.2. The summed E-state index contributed by atoms with van der Waals surface area (Å²) in [5, 5.41) is 1.95. The number of carbonyl (C=O) groups excluding carboxylic acids is 1. The first-order chi connectivity index (χ1) is 18.0. The predicted octanol–water partition coefficient (Wildman–Crippen LogP) is 3.96. The Morgan fingerprint density at radius 3 is 2.65 bits per heavy atom. The number of benzene rings is 3. The van der Waals surface area contributed by atoms with Crippen LogP contribution in [0.2, 0.25) is 0 Å². The Labute approximate surface area is 217 Å². The van der Waals surface area contributed by atoms with Crippen LogP contribution in [0.25, 0.3) is 16.8 Å². The van der Waals surface area contributed by atoms with Gasteiger partial charge in [-0.3, -0.25) is 9.36 Å². The van der Waals surface area contributed by atoms with Crippen molar-refractivity contribution in [3.63, 3.8) is 0 Å². The van der Waals surface area contributed by atoms with Crippen LogP contribution in [0.5, 0.6) is 5.75 Å². The van der Waals surface area contributed by atoms with Crippen LogP contribution in [-0.2, 0) is 9.53 Å². The molecule has 37 heavy (non-hydrogen) atoms. The number of aromatic nitrogens is 1. The molecule has 184 valence electrons. The van der Waals surface area contributed by atoms with E-state index in [2.05, 4.69) is 10.9 Å². The zero-order chi connectivity index (χ0) is 25.9. The maximum Gasteiger partial charge on any atom is 0.338 e. The number of nitrogens with zero attached hydrogens (tertiary/aromatic N) is 2. The third-order valence-electron chi connectivity index (χ3n) is 6.15. The van der Waals surface area contributed by atoms with Gasteiger partial charge in [0.05, 0.1) is 28.5 Å². The number of esters is 1. The van der Waals surface area contributed by atoms with Gasteiger partial charge in [0.1, 0.15) is 12.4 Å². The monoisotopic (exact) mass is 508 g/mol. The first-order valence-electron chi connectivity index (χ1n) is 11.9. The highest BCUT2D eigenvalue weighted by Gasteiger charge is 2.33. The van der Waals surface area contributed by atoms with Gasteiger partial charge in [-0.15, -0.1) is 6.42 Å². The van der Waals surface area contributed by atoms with Crippen molar-refractivity contribution in [2.24, 2.45) is 4.99 Å². The Hall–Kier alpha value is -4.41. The Kier molecular flexibility index (Phi) is 6.76. The van der Waals surface area contributed by atoms with E-state index < -0.39 is 12.0 Å². The summed E-state index contributed by atoms with van der Waals surface area (Å²) in [6.07, 6.45) is 7.26. The van der Waals surface area contributed by atoms with Crippen LogP contribution in [0.15, 0.2) is 87.8 Å². The molecule has 0 radical (unpaired) electrons. The van der Waals surface area contributed by atoms with Gasteiger partial charge in [0.25, 0.3) is 5.56 Å². The lowest BCUT2D eigenvalue weighted by Crippen LogP contribution is -2.39. The highest BCUT2D eigenvalue weighted by atomic mass is 32.1. The Morgan fingerprint density at radius 1 is 1.14 bits per heavy atom. The van der Waals surface area contributed by atoms with Crippen molar-refractivity contribution >= 4 is 34.2 Å². The van der Waals surface area contributed by atoms with Crippen LogP contribution in [0.4, 0.5) is 0 Å². The van der Waals surface area contributed by atoms with Gasteiger partial charge in [0, 0.05) is 5.56 Å². The van der Waals surface area contributed by atoms with Crippen molar-refractivity contribution in [2.75, 3.05) is 13.2 Å². The number of allylic oxidation sites excluding steroid dienone is 1. The molecule has 0 spiro atoms. The molecule has 0 saturated heterocycles. The van der Waals surface area contributed by atoms with Gasteiger partial charge < -0.3 is 9.47 Å². The second-order valence-corrected chi connectivity index (χ2v) is 9.41.